The summed E-state index contributed by atoms with van der Waals surface area (Å²) in [5.41, 5.74) is 5.95. The van der Waals surface area contributed by atoms with E-state index in [2.05, 4.69) is 23.5 Å². The zero-order valence-corrected chi connectivity index (χ0v) is 10.5. The van der Waals surface area contributed by atoms with E-state index in [1.54, 1.807) is 6.07 Å². The van der Waals surface area contributed by atoms with Crippen LogP contribution in [-0.2, 0) is 6.42 Å². The second kappa shape index (κ2) is 4.45. The SMILES string of the molecule is Cc1cc(F)ccc1-c1cccc2c1CCCN2. The molecule has 0 unspecified atom stereocenters. The Bertz CT molecular complexity index is 590. The topological polar surface area (TPSA) is 12.0 Å². The minimum atomic E-state index is -0.167. The molecule has 0 saturated heterocycles. The first kappa shape index (κ1) is 11.3. The highest BCUT2D eigenvalue weighted by Gasteiger charge is 2.14. The quantitative estimate of drug-likeness (QED) is 0.790. The van der Waals surface area contributed by atoms with E-state index in [0.29, 0.717) is 0 Å². The lowest BCUT2D eigenvalue weighted by Gasteiger charge is -2.21. The van der Waals surface area contributed by atoms with Crippen LogP contribution in [-0.4, -0.2) is 6.54 Å². The molecule has 92 valence electrons. The largest absolute Gasteiger partial charge is 0.385 e. The molecule has 0 amide bonds. The van der Waals surface area contributed by atoms with Crippen LogP contribution in [0.2, 0.25) is 0 Å². The van der Waals surface area contributed by atoms with E-state index < -0.39 is 0 Å². The third-order valence-electron chi connectivity index (χ3n) is 3.57. The molecule has 0 radical (unpaired) electrons. The first-order valence-corrected chi connectivity index (χ1v) is 6.38. The van der Waals surface area contributed by atoms with Gasteiger partial charge in [0.25, 0.3) is 0 Å². The summed E-state index contributed by atoms with van der Waals surface area (Å²) in [5, 5.41) is 3.43. The standard InChI is InChI=1S/C16H16FN/c1-11-10-12(17)7-8-13(11)14-4-2-6-16-15(14)5-3-9-18-16/h2,4,6-8,10,18H,3,5,9H2,1H3. The Labute approximate surface area is 107 Å². The van der Waals surface area contributed by atoms with Crippen molar-refractivity contribution in [3.05, 3.63) is 53.3 Å². The molecule has 0 atom stereocenters. The average molecular weight is 241 g/mol. The van der Waals surface area contributed by atoms with Crippen LogP contribution < -0.4 is 5.32 Å². The monoisotopic (exact) mass is 241 g/mol. The normalized spacial score (nSPS) is 13.9. The summed E-state index contributed by atoms with van der Waals surface area (Å²) in [6, 6.07) is 11.3. The van der Waals surface area contributed by atoms with Gasteiger partial charge < -0.3 is 5.32 Å². The predicted molar refractivity (Wildman–Crippen MR) is 73.4 cm³/mol. The lowest BCUT2D eigenvalue weighted by molar-refractivity contribution is 0.627. The summed E-state index contributed by atoms with van der Waals surface area (Å²) in [5.74, 6) is -0.167. The molecule has 1 heterocycles. The third kappa shape index (κ3) is 1.88. The molecule has 2 aromatic rings. The predicted octanol–water partition coefficient (Wildman–Crippen LogP) is 4.16. The fourth-order valence-electron chi connectivity index (χ4n) is 2.69. The first-order valence-electron chi connectivity index (χ1n) is 6.38. The summed E-state index contributed by atoms with van der Waals surface area (Å²) in [6.07, 6.45) is 2.25. The number of anilines is 1. The van der Waals surface area contributed by atoms with E-state index in [0.717, 1.165) is 30.5 Å². The van der Waals surface area contributed by atoms with Crippen LogP contribution in [0.4, 0.5) is 10.1 Å². The third-order valence-corrected chi connectivity index (χ3v) is 3.57. The fourth-order valence-corrected chi connectivity index (χ4v) is 2.69. The van der Waals surface area contributed by atoms with E-state index in [-0.39, 0.29) is 5.82 Å². The maximum atomic E-state index is 13.2. The van der Waals surface area contributed by atoms with Gasteiger partial charge in [0.15, 0.2) is 0 Å². The van der Waals surface area contributed by atoms with Gasteiger partial charge in [0.2, 0.25) is 0 Å². The van der Waals surface area contributed by atoms with Crippen LogP contribution in [0.1, 0.15) is 17.5 Å². The molecule has 18 heavy (non-hydrogen) atoms. The number of hydrogen-bond donors (Lipinski definition) is 1. The number of fused-ring (bicyclic) bond motifs is 1. The van der Waals surface area contributed by atoms with Gasteiger partial charge >= 0.3 is 0 Å². The molecule has 2 heteroatoms. The van der Waals surface area contributed by atoms with E-state index in [1.807, 2.05) is 13.0 Å². The highest BCUT2D eigenvalue weighted by Crippen LogP contribution is 2.34. The Morgan fingerprint density at radius 1 is 1.11 bits per heavy atom. The number of aryl methyl sites for hydroxylation is 1. The Kier molecular flexibility index (Phi) is 2.78. The molecule has 0 aromatic heterocycles. The van der Waals surface area contributed by atoms with Crippen LogP contribution in [0.15, 0.2) is 36.4 Å². The Morgan fingerprint density at radius 3 is 2.83 bits per heavy atom. The van der Waals surface area contributed by atoms with Crippen molar-refractivity contribution in [1.29, 1.82) is 0 Å². The summed E-state index contributed by atoms with van der Waals surface area (Å²) in [6.45, 7) is 3.01. The minimum absolute atomic E-state index is 0.167. The highest BCUT2D eigenvalue weighted by atomic mass is 19.1. The van der Waals surface area contributed by atoms with E-state index in [4.69, 9.17) is 0 Å². The van der Waals surface area contributed by atoms with Crippen molar-refractivity contribution in [3.8, 4) is 11.1 Å². The molecule has 1 aliphatic rings. The Hall–Kier alpha value is -1.83. The molecule has 0 fully saturated rings. The average Bonchev–Trinajstić information content (AvgIpc) is 2.38. The van der Waals surface area contributed by atoms with Crippen molar-refractivity contribution in [3.63, 3.8) is 0 Å². The zero-order valence-electron chi connectivity index (χ0n) is 10.5. The van der Waals surface area contributed by atoms with Crippen molar-refractivity contribution in [2.45, 2.75) is 19.8 Å². The van der Waals surface area contributed by atoms with E-state index in [9.17, 15) is 4.39 Å². The molecule has 0 bridgehead atoms. The van der Waals surface area contributed by atoms with Gasteiger partial charge in [0, 0.05) is 12.2 Å². The van der Waals surface area contributed by atoms with Crippen LogP contribution in [0.5, 0.6) is 0 Å². The lowest BCUT2D eigenvalue weighted by atomic mass is 9.91. The van der Waals surface area contributed by atoms with Crippen molar-refractivity contribution >= 4 is 5.69 Å². The summed E-state index contributed by atoms with van der Waals surface area (Å²) in [4.78, 5) is 0. The second-order valence-electron chi connectivity index (χ2n) is 4.82. The van der Waals surface area contributed by atoms with Gasteiger partial charge in [0.1, 0.15) is 5.82 Å². The van der Waals surface area contributed by atoms with E-state index in [1.165, 1.54) is 22.9 Å². The first-order chi connectivity index (χ1) is 8.75. The summed E-state index contributed by atoms with van der Waals surface area (Å²) < 4.78 is 13.2. The number of hydrogen-bond acceptors (Lipinski definition) is 1. The Balaban J connectivity index is 2.17. The maximum Gasteiger partial charge on any atom is 0.123 e. The molecular weight excluding hydrogens is 225 g/mol. The molecule has 1 aliphatic heterocycles. The van der Waals surface area contributed by atoms with Crippen molar-refractivity contribution < 1.29 is 4.39 Å². The van der Waals surface area contributed by atoms with Gasteiger partial charge in [0.05, 0.1) is 0 Å². The van der Waals surface area contributed by atoms with Crippen LogP contribution >= 0.6 is 0 Å². The second-order valence-corrected chi connectivity index (χ2v) is 4.82. The maximum absolute atomic E-state index is 13.2. The summed E-state index contributed by atoms with van der Waals surface area (Å²) in [7, 11) is 0. The van der Waals surface area contributed by atoms with Gasteiger partial charge in [-0.15, -0.1) is 0 Å². The molecule has 0 saturated carbocycles. The molecule has 0 spiro atoms. The fraction of sp³-hybridized carbons (Fsp3) is 0.250. The number of nitrogens with one attached hydrogen (secondary N) is 1. The Morgan fingerprint density at radius 2 is 2.00 bits per heavy atom. The van der Waals surface area contributed by atoms with Gasteiger partial charge in [-0.25, -0.2) is 4.39 Å². The number of halogens is 1. The minimum Gasteiger partial charge on any atom is -0.385 e. The molecule has 0 aliphatic carbocycles. The van der Waals surface area contributed by atoms with Gasteiger partial charge in [-0.05, 0) is 60.2 Å². The highest BCUT2D eigenvalue weighted by molar-refractivity contribution is 5.76. The molecule has 3 rings (SSSR count). The molecule has 1 nitrogen and oxygen atoms in total. The zero-order chi connectivity index (χ0) is 12.5. The summed E-state index contributed by atoms with van der Waals surface area (Å²) >= 11 is 0. The lowest BCUT2D eigenvalue weighted by Crippen LogP contribution is -2.12. The van der Waals surface area contributed by atoms with Crippen LogP contribution in [0, 0.1) is 12.7 Å². The molecule has 1 N–H and O–H groups in total. The van der Waals surface area contributed by atoms with Crippen molar-refractivity contribution in [1.82, 2.24) is 0 Å². The molecule has 2 aromatic carbocycles. The molecular formula is C16H16FN. The van der Waals surface area contributed by atoms with Crippen molar-refractivity contribution in [2.75, 3.05) is 11.9 Å². The van der Waals surface area contributed by atoms with Crippen LogP contribution in [0.3, 0.4) is 0 Å². The van der Waals surface area contributed by atoms with Gasteiger partial charge in [-0.1, -0.05) is 18.2 Å². The van der Waals surface area contributed by atoms with E-state index >= 15 is 0 Å². The van der Waals surface area contributed by atoms with Crippen molar-refractivity contribution in [2.24, 2.45) is 0 Å². The van der Waals surface area contributed by atoms with Gasteiger partial charge in [-0.2, -0.15) is 0 Å². The smallest absolute Gasteiger partial charge is 0.123 e. The number of benzene rings is 2. The van der Waals surface area contributed by atoms with Crippen LogP contribution in [0.25, 0.3) is 11.1 Å². The number of rotatable bonds is 1. The van der Waals surface area contributed by atoms with Gasteiger partial charge in [-0.3, -0.25) is 0 Å².